The molecule has 1 rings (SSSR count). The Labute approximate surface area is 93.6 Å². The lowest BCUT2D eigenvalue weighted by Crippen LogP contribution is -2.19. The molecule has 0 aromatic heterocycles. The van der Waals surface area contributed by atoms with E-state index in [1.165, 1.54) is 0 Å². The van der Waals surface area contributed by atoms with Gasteiger partial charge >= 0.3 is 5.97 Å². The lowest BCUT2D eigenvalue weighted by Gasteiger charge is -2.17. The molecule has 0 saturated carbocycles. The minimum Gasteiger partial charge on any atom is -0.479 e. The molecule has 0 saturated heterocycles. The number of carboxylic acids is 1. The molecule has 0 aliphatic heterocycles. The van der Waals surface area contributed by atoms with Gasteiger partial charge in [-0.3, -0.25) is 0 Å². The molecule has 0 amide bonds. The van der Waals surface area contributed by atoms with Crippen LogP contribution < -0.4 is 0 Å². The van der Waals surface area contributed by atoms with Gasteiger partial charge in [0.2, 0.25) is 0 Å². The highest BCUT2D eigenvalue weighted by molar-refractivity contribution is 6.31. The van der Waals surface area contributed by atoms with Crippen LogP contribution in [0.1, 0.15) is 25.5 Å². The Morgan fingerprint density at radius 3 is 2.47 bits per heavy atom. The second-order valence-electron chi connectivity index (χ2n) is 3.42. The summed E-state index contributed by atoms with van der Waals surface area (Å²) in [6.07, 6.45) is -1.17. The highest BCUT2D eigenvalue weighted by atomic mass is 35.5. The summed E-state index contributed by atoms with van der Waals surface area (Å²) in [7, 11) is 0. The Balaban J connectivity index is 2.99. The Kier molecular flexibility index (Phi) is 4.12. The zero-order valence-corrected chi connectivity index (χ0v) is 9.36. The molecular formula is C11H13ClO3. The number of benzene rings is 1. The molecule has 1 aromatic rings. The molecule has 0 heterocycles. The number of rotatable bonds is 4. The quantitative estimate of drug-likeness (QED) is 0.862. The van der Waals surface area contributed by atoms with Crippen LogP contribution in [0, 0.1) is 0 Å². The van der Waals surface area contributed by atoms with E-state index in [2.05, 4.69) is 0 Å². The van der Waals surface area contributed by atoms with Gasteiger partial charge in [-0.15, -0.1) is 0 Å². The topological polar surface area (TPSA) is 46.5 Å². The molecule has 4 heteroatoms. The van der Waals surface area contributed by atoms with Crippen molar-refractivity contribution in [3.63, 3.8) is 0 Å². The van der Waals surface area contributed by atoms with Crippen LogP contribution in [-0.4, -0.2) is 17.2 Å². The molecule has 0 spiro atoms. The summed E-state index contributed by atoms with van der Waals surface area (Å²) in [5, 5.41) is 9.42. The number of ether oxygens (including phenoxy) is 1. The van der Waals surface area contributed by atoms with E-state index < -0.39 is 12.1 Å². The molecule has 1 atom stereocenters. The Hall–Kier alpha value is -1.06. The van der Waals surface area contributed by atoms with E-state index in [1.807, 2.05) is 0 Å². The fraction of sp³-hybridized carbons (Fsp3) is 0.364. The van der Waals surface area contributed by atoms with Crippen molar-refractivity contribution in [3.05, 3.63) is 34.9 Å². The van der Waals surface area contributed by atoms with E-state index in [1.54, 1.807) is 38.1 Å². The number of carbonyl (C=O) groups is 1. The molecule has 0 aliphatic rings. The third-order valence-corrected chi connectivity index (χ3v) is 2.16. The maximum Gasteiger partial charge on any atom is 0.337 e. The van der Waals surface area contributed by atoms with Crippen LogP contribution in [0.3, 0.4) is 0 Å². The summed E-state index contributed by atoms with van der Waals surface area (Å²) < 4.78 is 5.29. The smallest absolute Gasteiger partial charge is 0.337 e. The zero-order chi connectivity index (χ0) is 11.4. The third-order valence-electron chi connectivity index (χ3n) is 1.82. The van der Waals surface area contributed by atoms with Gasteiger partial charge in [0, 0.05) is 10.6 Å². The van der Waals surface area contributed by atoms with E-state index >= 15 is 0 Å². The SMILES string of the molecule is CC(C)O[C@@H](C(=O)O)c1ccccc1Cl. The van der Waals surface area contributed by atoms with Crippen molar-refractivity contribution in [2.75, 3.05) is 0 Å². The van der Waals surface area contributed by atoms with Gasteiger partial charge in [-0.2, -0.15) is 0 Å². The van der Waals surface area contributed by atoms with Gasteiger partial charge in [0.1, 0.15) is 0 Å². The van der Waals surface area contributed by atoms with Crippen molar-refractivity contribution in [2.24, 2.45) is 0 Å². The van der Waals surface area contributed by atoms with E-state index in [9.17, 15) is 4.79 Å². The Bertz CT molecular complexity index is 349. The van der Waals surface area contributed by atoms with Gasteiger partial charge in [-0.25, -0.2) is 4.79 Å². The summed E-state index contributed by atoms with van der Waals surface area (Å²) in [5.74, 6) is -1.03. The number of hydrogen-bond donors (Lipinski definition) is 1. The predicted molar refractivity (Wildman–Crippen MR) is 58.0 cm³/mol. The van der Waals surface area contributed by atoms with Crippen LogP contribution in [0.5, 0.6) is 0 Å². The normalized spacial score (nSPS) is 12.8. The molecule has 15 heavy (non-hydrogen) atoms. The number of hydrogen-bond acceptors (Lipinski definition) is 2. The zero-order valence-electron chi connectivity index (χ0n) is 8.61. The third kappa shape index (κ3) is 3.22. The first kappa shape index (κ1) is 12.0. The average molecular weight is 229 g/mol. The lowest BCUT2D eigenvalue weighted by atomic mass is 10.1. The molecule has 0 bridgehead atoms. The number of halogens is 1. The van der Waals surface area contributed by atoms with Gasteiger partial charge < -0.3 is 9.84 Å². The fourth-order valence-electron chi connectivity index (χ4n) is 1.22. The fourth-order valence-corrected chi connectivity index (χ4v) is 1.46. The first-order chi connectivity index (χ1) is 7.02. The second-order valence-corrected chi connectivity index (χ2v) is 3.83. The summed E-state index contributed by atoms with van der Waals surface area (Å²) >= 11 is 5.90. The van der Waals surface area contributed by atoms with Crippen LogP contribution in [0.2, 0.25) is 5.02 Å². The van der Waals surface area contributed by atoms with Crippen molar-refractivity contribution >= 4 is 17.6 Å². The van der Waals surface area contributed by atoms with Crippen molar-refractivity contribution in [3.8, 4) is 0 Å². The largest absolute Gasteiger partial charge is 0.479 e. The summed E-state index contributed by atoms with van der Waals surface area (Å²) in [5.41, 5.74) is 0.486. The monoisotopic (exact) mass is 228 g/mol. The molecule has 0 fully saturated rings. The molecule has 82 valence electrons. The van der Waals surface area contributed by atoms with Crippen LogP contribution in [0.25, 0.3) is 0 Å². The Morgan fingerprint density at radius 2 is 2.00 bits per heavy atom. The van der Waals surface area contributed by atoms with Crippen molar-refractivity contribution in [1.29, 1.82) is 0 Å². The van der Waals surface area contributed by atoms with E-state index in [-0.39, 0.29) is 6.10 Å². The highest BCUT2D eigenvalue weighted by Crippen LogP contribution is 2.26. The molecule has 1 N–H and O–H groups in total. The van der Waals surface area contributed by atoms with Gasteiger partial charge in [0.15, 0.2) is 6.10 Å². The van der Waals surface area contributed by atoms with E-state index in [4.69, 9.17) is 21.4 Å². The van der Waals surface area contributed by atoms with Gasteiger partial charge in [0.05, 0.1) is 6.10 Å². The Morgan fingerprint density at radius 1 is 1.40 bits per heavy atom. The van der Waals surface area contributed by atoms with Crippen molar-refractivity contribution < 1.29 is 14.6 Å². The number of carboxylic acid groups (broad SMARTS) is 1. The van der Waals surface area contributed by atoms with Crippen LogP contribution in [0.15, 0.2) is 24.3 Å². The van der Waals surface area contributed by atoms with Gasteiger partial charge in [-0.05, 0) is 19.9 Å². The number of aliphatic carboxylic acids is 1. The van der Waals surface area contributed by atoms with Gasteiger partial charge in [-0.1, -0.05) is 29.8 Å². The first-order valence-corrected chi connectivity index (χ1v) is 5.03. The summed E-state index contributed by atoms with van der Waals surface area (Å²) in [4.78, 5) is 11.0. The van der Waals surface area contributed by atoms with Crippen LogP contribution >= 0.6 is 11.6 Å². The minimum atomic E-state index is -1.03. The maximum absolute atomic E-state index is 11.0. The van der Waals surface area contributed by atoms with Crippen molar-refractivity contribution in [1.82, 2.24) is 0 Å². The molecule has 0 aliphatic carbocycles. The molecule has 0 unspecified atom stereocenters. The van der Waals surface area contributed by atoms with Crippen molar-refractivity contribution in [2.45, 2.75) is 26.1 Å². The maximum atomic E-state index is 11.0. The van der Waals surface area contributed by atoms with E-state index in [0.717, 1.165) is 0 Å². The lowest BCUT2D eigenvalue weighted by molar-refractivity contribution is -0.153. The predicted octanol–water partition coefficient (Wildman–Crippen LogP) is 2.89. The molecular weight excluding hydrogens is 216 g/mol. The molecule has 0 radical (unpaired) electrons. The summed E-state index contributed by atoms with van der Waals surface area (Å²) in [6, 6.07) is 6.79. The second kappa shape index (κ2) is 5.14. The van der Waals surface area contributed by atoms with Crippen LogP contribution in [0.4, 0.5) is 0 Å². The average Bonchev–Trinajstić information content (AvgIpc) is 2.15. The molecule has 1 aromatic carbocycles. The summed E-state index contributed by atoms with van der Waals surface area (Å²) in [6.45, 7) is 3.57. The highest BCUT2D eigenvalue weighted by Gasteiger charge is 2.23. The van der Waals surface area contributed by atoms with E-state index in [0.29, 0.717) is 10.6 Å². The molecule has 3 nitrogen and oxygen atoms in total. The first-order valence-electron chi connectivity index (χ1n) is 4.65. The van der Waals surface area contributed by atoms with Gasteiger partial charge in [0.25, 0.3) is 0 Å². The van der Waals surface area contributed by atoms with Crippen LogP contribution in [-0.2, 0) is 9.53 Å². The standard InChI is InChI=1S/C11H13ClO3/c1-7(2)15-10(11(13)14)8-5-3-4-6-9(8)12/h3-7,10H,1-2H3,(H,13,14)/t10-/m1/s1. The minimum absolute atomic E-state index is 0.164.